The van der Waals surface area contributed by atoms with Crippen LogP contribution in [0.15, 0.2) is 97.2 Å². The van der Waals surface area contributed by atoms with Gasteiger partial charge in [0.2, 0.25) is 0 Å². The molecule has 59 heavy (non-hydrogen) atoms. The van der Waals surface area contributed by atoms with E-state index in [1.54, 1.807) is 6.08 Å². The number of rotatable bonds is 41. The molecule has 6 nitrogen and oxygen atoms in total. The van der Waals surface area contributed by atoms with Crippen LogP contribution in [0.2, 0.25) is 0 Å². The van der Waals surface area contributed by atoms with Crippen LogP contribution in [0.1, 0.15) is 201 Å². The molecule has 334 valence electrons. The van der Waals surface area contributed by atoms with Crippen molar-refractivity contribution in [3.63, 3.8) is 0 Å². The number of carbonyl (C=O) groups excluding carboxylic acids is 3. The monoisotopic (exact) mass is 819 g/mol. The molecule has 0 aliphatic carbocycles. The molecule has 0 aromatic heterocycles. The fourth-order valence-corrected chi connectivity index (χ4v) is 6.02. The van der Waals surface area contributed by atoms with Crippen molar-refractivity contribution in [2.24, 2.45) is 0 Å². The van der Waals surface area contributed by atoms with Crippen molar-refractivity contribution in [3.8, 4) is 0 Å². The normalized spacial score (nSPS) is 12.9. The second-order valence-corrected chi connectivity index (χ2v) is 15.3. The van der Waals surface area contributed by atoms with Crippen LogP contribution in [0.3, 0.4) is 0 Å². The highest BCUT2D eigenvalue weighted by molar-refractivity contribution is 5.72. The van der Waals surface area contributed by atoms with Crippen LogP contribution in [0.5, 0.6) is 0 Å². The maximum Gasteiger partial charge on any atom is 0.309 e. The van der Waals surface area contributed by atoms with Gasteiger partial charge < -0.3 is 14.2 Å². The summed E-state index contributed by atoms with van der Waals surface area (Å²) in [6.07, 6.45) is 61.2. The first-order chi connectivity index (χ1) is 29.0. The lowest BCUT2D eigenvalue weighted by Crippen LogP contribution is -2.30. The molecular formula is C53H86O6. The largest absolute Gasteiger partial charge is 0.462 e. The van der Waals surface area contributed by atoms with Gasteiger partial charge in [0.15, 0.2) is 6.10 Å². The van der Waals surface area contributed by atoms with Crippen molar-refractivity contribution in [2.75, 3.05) is 13.2 Å². The zero-order valence-electron chi connectivity index (χ0n) is 38.0. The molecule has 0 aliphatic heterocycles. The second-order valence-electron chi connectivity index (χ2n) is 15.3. The lowest BCUT2D eigenvalue weighted by molar-refractivity contribution is -0.166. The molecule has 0 rings (SSSR count). The number of allylic oxidation sites excluding steroid dienone is 15. The maximum atomic E-state index is 12.7. The molecular weight excluding hydrogens is 733 g/mol. The lowest BCUT2D eigenvalue weighted by Gasteiger charge is -2.18. The van der Waals surface area contributed by atoms with E-state index in [-0.39, 0.29) is 38.0 Å². The zero-order chi connectivity index (χ0) is 43.0. The molecule has 0 fully saturated rings. The van der Waals surface area contributed by atoms with Gasteiger partial charge in [0.25, 0.3) is 0 Å². The van der Waals surface area contributed by atoms with Crippen LogP contribution >= 0.6 is 0 Å². The van der Waals surface area contributed by atoms with Gasteiger partial charge in [-0.25, -0.2) is 0 Å². The Labute approximate surface area is 362 Å². The van der Waals surface area contributed by atoms with E-state index in [1.165, 1.54) is 44.9 Å². The Morgan fingerprint density at radius 1 is 0.373 bits per heavy atom. The fraction of sp³-hybridized carbons (Fsp3) is 0.642. The number of esters is 3. The minimum absolute atomic E-state index is 0.119. The predicted molar refractivity (Wildman–Crippen MR) is 251 cm³/mol. The molecule has 0 saturated heterocycles. The molecule has 0 amide bonds. The standard InChI is InChI=1S/C53H86O6/c1-4-7-10-13-16-19-22-25-26-29-31-34-37-40-43-46-52(55)58-49-50(59-53(56)47-44-41-38-35-32-28-24-21-18-15-12-9-6-3)48-57-51(54)45-42-39-36-33-30-27-23-20-17-14-11-8-5-2/h7,10,12,15-16,19-21,23-26,31,34,40,43,50H,4-6,8-9,11,13-14,17-18,22,27-30,32-33,35-39,41-42,44-49H2,1-3H3/b10-7-,15-12-,19-16-,23-20-,24-21-,26-25-,34-31-,43-40-. The minimum Gasteiger partial charge on any atom is -0.462 e. The van der Waals surface area contributed by atoms with Gasteiger partial charge in [-0.2, -0.15) is 0 Å². The molecule has 0 aromatic rings. The highest BCUT2D eigenvalue weighted by Gasteiger charge is 2.19. The van der Waals surface area contributed by atoms with E-state index >= 15 is 0 Å². The Balaban J connectivity index is 4.56. The predicted octanol–water partition coefficient (Wildman–Crippen LogP) is 15.4. The van der Waals surface area contributed by atoms with Crippen LogP contribution in [-0.4, -0.2) is 37.2 Å². The summed E-state index contributed by atoms with van der Waals surface area (Å²) >= 11 is 0. The summed E-state index contributed by atoms with van der Waals surface area (Å²) in [6, 6.07) is 0. The van der Waals surface area contributed by atoms with Crippen LogP contribution in [0, 0.1) is 0 Å². The molecule has 0 N–H and O–H groups in total. The number of carbonyl (C=O) groups is 3. The van der Waals surface area contributed by atoms with Crippen LogP contribution in [0.4, 0.5) is 0 Å². The molecule has 6 heteroatoms. The van der Waals surface area contributed by atoms with Crippen molar-refractivity contribution in [1.29, 1.82) is 0 Å². The summed E-state index contributed by atoms with van der Waals surface area (Å²) in [5.41, 5.74) is 0. The van der Waals surface area contributed by atoms with E-state index in [1.807, 2.05) is 6.08 Å². The lowest BCUT2D eigenvalue weighted by atomic mass is 10.1. The third-order valence-corrected chi connectivity index (χ3v) is 9.56. The van der Waals surface area contributed by atoms with Gasteiger partial charge in [-0.05, 0) is 96.3 Å². The average Bonchev–Trinajstić information content (AvgIpc) is 3.23. The number of unbranched alkanes of at least 4 members (excludes halogenated alkanes) is 15. The third-order valence-electron chi connectivity index (χ3n) is 9.56. The highest BCUT2D eigenvalue weighted by atomic mass is 16.6. The van der Waals surface area contributed by atoms with E-state index < -0.39 is 12.1 Å². The minimum atomic E-state index is -0.827. The molecule has 1 unspecified atom stereocenters. The third kappa shape index (κ3) is 45.3. The molecule has 0 heterocycles. The molecule has 0 radical (unpaired) electrons. The molecule has 0 bridgehead atoms. The van der Waals surface area contributed by atoms with Gasteiger partial charge in [0.1, 0.15) is 13.2 Å². The summed E-state index contributed by atoms with van der Waals surface area (Å²) in [5, 5.41) is 0. The number of hydrogen-bond donors (Lipinski definition) is 0. The Kier molecular flexibility index (Phi) is 44.1. The Morgan fingerprint density at radius 3 is 1.27 bits per heavy atom. The Bertz CT molecular complexity index is 1220. The summed E-state index contributed by atoms with van der Waals surface area (Å²) in [6.45, 7) is 6.31. The Hall–Kier alpha value is -3.67. The van der Waals surface area contributed by atoms with E-state index in [0.29, 0.717) is 6.42 Å². The highest BCUT2D eigenvalue weighted by Crippen LogP contribution is 2.12. The first kappa shape index (κ1) is 55.3. The molecule has 0 aliphatic rings. The number of hydrogen-bond acceptors (Lipinski definition) is 6. The van der Waals surface area contributed by atoms with Gasteiger partial charge in [0, 0.05) is 12.8 Å². The summed E-state index contributed by atoms with van der Waals surface area (Å²) in [5.74, 6) is -1.08. The molecule has 0 spiro atoms. The first-order valence-corrected chi connectivity index (χ1v) is 23.7. The van der Waals surface area contributed by atoms with Crippen molar-refractivity contribution in [3.05, 3.63) is 97.2 Å². The van der Waals surface area contributed by atoms with Crippen LogP contribution < -0.4 is 0 Å². The number of ether oxygens (including phenoxy) is 3. The van der Waals surface area contributed by atoms with E-state index in [0.717, 1.165) is 116 Å². The van der Waals surface area contributed by atoms with Crippen molar-refractivity contribution < 1.29 is 28.6 Å². The van der Waals surface area contributed by atoms with Gasteiger partial charge in [-0.15, -0.1) is 0 Å². The van der Waals surface area contributed by atoms with Crippen molar-refractivity contribution in [2.45, 2.75) is 207 Å². The SMILES string of the molecule is CC/C=C\C/C=C\C/C=C\C/C=C\C/C=C\CC(=O)OCC(COC(=O)CCCCCCC/C=C\CCCCCC)OC(=O)CCCCCCC/C=C\C/C=C\CCC. The maximum absolute atomic E-state index is 12.7. The zero-order valence-corrected chi connectivity index (χ0v) is 38.0. The average molecular weight is 819 g/mol. The van der Waals surface area contributed by atoms with Crippen molar-refractivity contribution >= 4 is 17.9 Å². The fourth-order valence-electron chi connectivity index (χ4n) is 6.02. The van der Waals surface area contributed by atoms with Crippen molar-refractivity contribution in [1.82, 2.24) is 0 Å². The second kappa shape index (κ2) is 47.0. The topological polar surface area (TPSA) is 78.9 Å². The van der Waals surface area contributed by atoms with Crippen LogP contribution in [-0.2, 0) is 28.6 Å². The van der Waals surface area contributed by atoms with Crippen LogP contribution in [0.25, 0.3) is 0 Å². The molecule has 0 saturated carbocycles. The van der Waals surface area contributed by atoms with Gasteiger partial charge in [-0.3, -0.25) is 14.4 Å². The molecule has 0 aromatic carbocycles. The molecule has 1 atom stereocenters. The van der Waals surface area contributed by atoms with Gasteiger partial charge in [-0.1, -0.05) is 182 Å². The Morgan fingerprint density at radius 2 is 0.763 bits per heavy atom. The summed E-state index contributed by atoms with van der Waals surface area (Å²) in [4.78, 5) is 37.8. The van der Waals surface area contributed by atoms with Gasteiger partial charge >= 0.3 is 17.9 Å². The quantitative estimate of drug-likeness (QED) is 0.0265. The van der Waals surface area contributed by atoms with E-state index in [9.17, 15) is 14.4 Å². The summed E-state index contributed by atoms with van der Waals surface area (Å²) in [7, 11) is 0. The van der Waals surface area contributed by atoms with E-state index in [4.69, 9.17) is 14.2 Å². The van der Waals surface area contributed by atoms with E-state index in [2.05, 4.69) is 106 Å². The first-order valence-electron chi connectivity index (χ1n) is 23.7. The van der Waals surface area contributed by atoms with Gasteiger partial charge in [0.05, 0.1) is 6.42 Å². The smallest absolute Gasteiger partial charge is 0.309 e. The summed E-state index contributed by atoms with van der Waals surface area (Å²) < 4.78 is 16.6.